The number of hydrogen-bond acceptors (Lipinski definition) is 3. The average Bonchev–Trinajstić information content (AvgIpc) is 3.26. The van der Waals surface area contributed by atoms with Gasteiger partial charge in [0.15, 0.2) is 0 Å². The average molecular weight is 437 g/mol. The molecule has 0 N–H and O–H groups in total. The number of ether oxygens (including phenoxy) is 1. The smallest absolute Gasteiger partial charge is 0.616 e. The molecule has 0 amide bonds. The second kappa shape index (κ2) is 10.9. The van der Waals surface area contributed by atoms with Crippen molar-refractivity contribution in [3.8, 4) is 0 Å². The number of rotatable bonds is 3. The SMILES string of the molecule is COC([O-])=c1ccc(=C2C=CC(CN(C)C)=C2)cc1.Cc1ccc[cH-]1.[Ru+2]. The Labute approximate surface area is 168 Å². The van der Waals surface area contributed by atoms with E-state index in [4.69, 9.17) is 0 Å². The largest absolute Gasteiger partial charge is 2.00 e. The Morgan fingerprint density at radius 1 is 1.12 bits per heavy atom. The third-order valence-corrected chi connectivity index (χ3v) is 3.79. The molecule has 1 aliphatic rings. The maximum atomic E-state index is 11.4. The first-order chi connectivity index (χ1) is 12.0. The number of nitrogens with zero attached hydrogens (tertiary/aromatic N) is 1. The molecule has 1 aliphatic carbocycles. The van der Waals surface area contributed by atoms with Crippen molar-refractivity contribution in [3.05, 3.63) is 88.3 Å². The molecule has 0 atom stereocenters. The van der Waals surface area contributed by atoms with Gasteiger partial charge in [0.1, 0.15) is 0 Å². The summed E-state index contributed by atoms with van der Waals surface area (Å²) < 4.78 is 4.69. The van der Waals surface area contributed by atoms with Gasteiger partial charge in [-0.05, 0) is 48.9 Å². The van der Waals surface area contributed by atoms with E-state index >= 15 is 0 Å². The van der Waals surface area contributed by atoms with Crippen LogP contribution in [0.4, 0.5) is 0 Å². The van der Waals surface area contributed by atoms with Crippen molar-refractivity contribution in [2.24, 2.45) is 0 Å². The van der Waals surface area contributed by atoms with Crippen LogP contribution in [0.5, 0.6) is 0 Å². The van der Waals surface area contributed by atoms with Gasteiger partial charge in [-0.3, -0.25) is 0 Å². The van der Waals surface area contributed by atoms with Crippen molar-refractivity contribution in [1.29, 1.82) is 0 Å². The number of likely N-dealkylation sites (N-methyl/N-ethyl adjacent to an activating group) is 1. The minimum Gasteiger partial charge on any atom is -0.616 e. The van der Waals surface area contributed by atoms with Crippen LogP contribution in [0.15, 0.2) is 72.3 Å². The van der Waals surface area contributed by atoms with Gasteiger partial charge < -0.3 is 14.7 Å². The number of methoxy groups -OCH3 is 1. The van der Waals surface area contributed by atoms with Crippen molar-refractivity contribution >= 4 is 11.5 Å². The zero-order chi connectivity index (χ0) is 18.2. The van der Waals surface area contributed by atoms with E-state index in [1.165, 1.54) is 23.8 Å². The molecule has 0 heterocycles. The van der Waals surface area contributed by atoms with E-state index in [9.17, 15) is 5.11 Å². The van der Waals surface area contributed by atoms with Crippen LogP contribution < -0.4 is 15.5 Å². The first-order valence-corrected chi connectivity index (χ1v) is 8.27. The topological polar surface area (TPSA) is 35.5 Å². The van der Waals surface area contributed by atoms with Crippen LogP contribution in [0.2, 0.25) is 0 Å². The monoisotopic (exact) mass is 437 g/mol. The van der Waals surface area contributed by atoms with Gasteiger partial charge in [0.25, 0.3) is 0 Å². The van der Waals surface area contributed by atoms with Gasteiger partial charge in [-0.25, -0.2) is 12.1 Å². The van der Waals surface area contributed by atoms with E-state index in [1.807, 2.05) is 24.3 Å². The van der Waals surface area contributed by atoms with Crippen LogP contribution >= 0.6 is 0 Å². The molecular weight excluding hydrogens is 411 g/mol. The van der Waals surface area contributed by atoms with Gasteiger partial charge in [-0.1, -0.05) is 43.3 Å². The minimum absolute atomic E-state index is 0. The fraction of sp³-hybridized carbons (Fsp3) is 0.227. The zero-order valence-corrected chi connectivity index (χ0v) is 17.4. The third kappa shape index (κ3) is 6.70. The molecule has 0 radical (unpaired) electrons. The number of hydrogen-bond donors (Lipinski definition) is 0. The first-order valence-electron chi connectivity index (χ1n) is 8.27. The zero-order valence-electron chi connectivity index (χ0n) is 15.7. The van der Waals surface area contributed by atoms with Gasteiger partial charge >= 0.3 is 19.5 Å². The van der Waals surface area contributed by atoms with E-state index < -0.39 is 0 Å². The maximum Gasteiger partial charge on any atom is 2.00 e. The third-order valence-electron chi connectivity index (χ3n) is 3.79. The summed E-state index contributed by atoms with van der Waals surface area (Å²) in [5.41, 5.74) is 3.81. The van der Waals surface area contributed by atoms with Gasteiger partial charge in [0.2, 0.25) is 0 Å². The minimum atomic E-state index is -0.303. The molecule has 2 aromatic rings. The molecule has 0 unspecified atom stereocenters. The number of allylic oxidation sites excluding steroid dienone is 2. The van der Waals surface area contributed by atoms with Crippen molar-refractivity contribution < 1.29 is 29.3 Å². The summed E-state index contributed by atoms with van der Waals surface area (Å²) in [6, 6.07) is 15.7. The second-order valence-corrected chi connectivity index (χ2v) is 6.28. The summed E-state index contributed by atoms with van der Waals surface area (Å²) in [6.45, 7) is 3.01. The molecule has 4 heteroatoms. The molecule has 3 rings (SSSR count). The van der Waals surface area contributed by atoms with Crippen molar-refractivity contribution in [1.82, 2.24) is 4.90 Å². The molecule has 0 bridgehead atoms. The van der Waals surface area contributed by atoms with Crippen LogP contribution in [-0.4, -0.2) is 32.6 Å². The van der Waals surface area contributed by atoms with Crippen LogP contribution in [0.1, 0.15) is 5.56 Å². The van der Waals surface area contributed by atoms with Gasteiger partial charge in [0.05, 0.1) is 5.95 Å². The Kier molecular flexibility index (Phi) is 9.19. The molecule has 0 spiro atoms. The summed E-state index contributed by atoms with van der Waals surface area (Å²) in [7, 11) is 5.50. The summed E-state index contributed by atoms with van der Waals surface area (Å²) in [5, 5.41) is 13.0. The van der Waals surface area contributed by atoms with Gasteiger partial charge in [-0.15, -0.1) is 0 Å². The summed E-state index contributed by atoms with van der Waals surface area (Å²) in [5.74, 6) is -0.303. The predicted octanol–water partition coefficient (Wildman–Crippen LogP) is 1.68. The summed E-state index contributed by atoms with van der Waals surface area (Å²) in [4.78, 5) is 2.14. The molecule has 0 saturated heterocycles. The maximum absolute atomic E-state index is 11.4. The van der Waals surface area contributed by atoms with Gasteiger partial charge in [0, 0.05) is 6.54 Å². The number of aryl methyl sites for hydroxylation is 1. The predicted molar refractivity (Wildman–Crippen MR) is 102 cm³/mol. The molecule has 2 aromatic carbocycles. The Morgan fingerprint density at radius 2 is 1.81 bits per heavy atom. The van der Waals surface area contributed by atoms with E-state index in [0.717, 1.165) is 11.8 Å². The van der Waals surface area contributed by atoms with Crippen LogP contribution in [0, 0.1) is 6.92 Å². The van der Waals surface area contributed by atoms with E-state index in [0.29, 0.717) is 5.22 Å². The van der Waals surface area contributed by atoms with Gasteiger partial charge in [-0.2, -0.15) is 17.7 Å². The summed E-state index contributed by atoms with van der Waals surface area (Å²) in [6.07, 6.45) is 6.41. The molecular formula is C22H25NO2Ru. The van der Waals surface area contributed by atoms with E-state index in [1.54, 1.807) is 12.1 Å². The Bertz CT molecular complexity index is 839. The van der Waals surface area contributed by atoms with Crippen LogP contribution in [-0.2, 0) is 24.2 Å². The number of benzene rings is 1. The first kappa shape index (κ1) is 22.0. The standard InChI is InChI=1S/C16H19NO2.C6H7.Ru/c1-17(2)11-12-4-5-15(10-12)13-6-8-14(9-7-13)16(18)19-3;1-6-4-2-3-5-6;/h4-10,18H,11H2,1-3H3;2-5H,1H3;/q;-1;+2/p-1. The Balaban J connectivity index is 0.000000410. The fourth-order valence-electron chi connectivity index (χ4n) is 2.52. The van der Waals surface area contributed by atoms with Crippen LogP contribution in [0.3, 0.4) is 0 Å². The molecule has 26 heavy (non-hydrogen) atoms. The Hall–Kier alpha value is -2.03. The molecule has 0 aliphatic heterocycles. The van der Waals surface area contributed by atoms with Crippen molar-refractivity contribution in [2.45, 2.75) is 6.92 Å². The second-order valence-electron chi connectivity index (χ2n) is 6.28. The quantitative estimate of drug-likeness (QED) is 0.543. The van der Waals surface area contributed by atoms with E-state index in [2.05, 4.69) is 61.0 Å². The van der Waals surface area contributed by atoms with Crippen LogP contribution in [0.25, 0.3) is 11.5 Å². The molecule has 138 valence electrons. The fourth-order valence-corrected chi connectivity index (χ4v) is 2.52. The summed E-state index contributed by atoms with van der Waals surface area (Å²) >= 11 is 0. The molecule has 0 saturated carbocycles. The van der Waals surface area contributed by atoms with E-state index in [-0.39, 0.29) is 25.4 Å². The molecule has 0 aromatic heterocycles. The molecule has 3 nitrogen and oxygen atoms in total. The molecule has 0 fully saturated rings. The van der Waals surface area contributed by atoms with Crippen molar-refractivity contribution in [3.63, 3.8) is 0 Å². The van der Waals surface area contributed by atoms with Crippen molar-refractivity contribution in [2.75, 3.05) is 27.7 Å². The normalized spacial score (nSPS) is 12.2. The Morgan fingerprint density at radius 3 is 2.27 bits per heavy atom.